The first-order chi connectivity index (χ1) is 13.3. The SMILES string of the molecule is Cc1cc2occ(CC(=O)O[C@H](C)C(=O)Nc3c(C)cccc3C)c2cc1C. The van der Waals surface area contributed by atoms with Crippen molar-refractivity contribution in [2.24, 2.45) is 0 Å². The van der Waals surface area contributed by atoms with E-state index >= 15 is 0 Å². The fraction of sp³-hybridized carbons (Fsp3) is 0.304. The van der Waals surface area contributed by atoms with Gasteiger partial charge in [0, 0.05) is 16.6 Å². The van der Waals surface area contributed by atoms with Crippen LogP contribution in [0.2, 0.25) is 0 Å². The number of aryl methyl sites for hydroxylation is 4. The molecule has 0 radical (unpaired) electrons. The van der Waals surface area contributed by atoms with E-state index in [1.165, 1.54) is 0 Å². The standard InChI is InChI=1S/C23H25NO4/c1-13-7-6-8-14(2)22(13)24-23(26)17(5)28-21(25)11-18-12-27-20-10-16(4)15(3)9-19(18)20/h6-10,12,17H,11H2,1-5H3,(H,24,26)/t17-/m1/s1. The van der Waals surface area contributed by atoms with Crippen molar-refractivity contribution >= 4 is 28.5 Å². The molecule has 1 N–H and O–H groups in total. The molecule has 0 aliphatic carbocycles. The Morgan fingerprint density at radius 1 is 1.04 bits per heavy atom. The second-order valence-corrected chi connectivity index (χ2v) is 7.26. The van der Waals surface area contributed by atoms with Gasteiger partial charge in [0.2, 0.25) is 0 Å². The van der Waals surface area contributed by atoms with Crippen LogP contribution in [-0.2, 0) is 20.7 Å². The molecule has 1 atom stereocenters. The van der Waals surface area contributed by atoms with Gasteiger partial charge >= 0.3 is 5.97 Å². The third kappa shape index (κ3) is 4.09. The van der Waals surface area contributed by atoms with Crippen molar-refractivity contribution in [3.05, 3.63) is 64.4 Å². The van der Waals surface area contributed by atoms with Crippen molar-refractivity contribution in [1.29, 1.82) is 0 Å². The Morgan fingerprint density at radius 2 is 1.68 bits per heavy atom. The highest BCUT2D eigenvalue weighted by atomic mass is 16.5. The van der Waals surface area contributed by atoms with Crippen LogP contribution in [0.15, 0.2) is 41.0 Å². The Labute approximate surface area is 164 Å². The number of esters is 1. The minimum absolute atomic E-state index is 0.0521. The van der Waals surface area contributed by atoms with Crippen LogP contribution in [0, 0.1) is 27.7 Å². The smallest absolute Gasteiger partial charge is 0.311 e. The summed E-state index contributed by atoms with van der Waals surface area (Å²) in [4.78, 5) is 24.8. The number of carbonyl (C=O) groups is 2. The van der Waals surface area contributed by atoms with Crippen LogP contribution in [0.5, 0.6) is 0 Å². The van der Waals surface area contributed by atoms with Gasteiger partial charge in [-0.25, -0.2) is 0 Å². The zero-order valence-electron chi connectivity index (χ0n) is 16.9. The highest BCUT2D eigenvalue weighted by Crippen LogP contribution is 2.25. The minimum atomic E-state index is -0.895. The summed E-state index contributed by atoms with van der Waals surface area (Å²) in [7, 11) is 0. The fourth-order valence-electron chi connectivity index (χ4n) is 3.16. The van der Waals surface area contributed by atoms with Crippen molar-refractivity contribution in [2.75, 3.05) is 5.32 Å². The lowest BCUT2D eigenvalue weighted by Crippen LogP contribution is -2.31. The number of nitrogens with one attached hydrogen (secondary N) is 1. The Morgan fingerprint density at radius 3 is 2.36 bits per heavy atom. The van der Waals surface area contributed by atoms with Crippen LogP contribution >= 0.6 is 0 Å². The number of anilines is 1. The maximum Gasteiger partial charge on any atom is 0.311 e. The molecule has 28 heavy (non-hydrogen) atoms. The van der Waals surface area contributed by atoms with Gasteiger partial charge in [0.15, 0.2) is 6.10 Å². The van der Waals surface area contributed by atoms with E-state index in [0.717, 1.165) is 44.5 Å². The molecule has 5 heteroatoms. The summed E-state index contributed by atoms with van der Waals surface area (Å²) in [5.74, 6) is -0.820. The highest BCUT2D eigenvalue weighted by molar-refractivity contribution is 5.96. The van der Waals surface area contributed by atoms with Crippen LogP contribution in [0.3, 0.4) is 0 Å². The van der Waals surface area contributed by atoms with E-state index in [0.29, 0.717) is 0 Å². The first-order valence-electron chi connectivity index (χ1n) is 9.30. The summed E-state index contributed by atoms with van der Waals surface area (Å²) < 4.78 is 10.9. The number of ether oxygens (including phenoxy) is 1. The largest absolute Gasteiger partial charge is 0.464 e. The molecule has 0 fully saturated rings. The number of para-hydroxylation sites is 1. The number of carbonyl (C=O) groups excluding carboxylic acids is 2. The number of fused-ring (bicyclic) bond motifs is 1. The normalized spacial score (nSPS) is 12.0. The molecule has 0 aliphatic rings. The second-order valence-electron chi connectivity index (χ2n) is 7.26. The number of hydrogen-bond acceptors (Lipinski definition) is 4. The molecule has 3 aromatic rings. The Hall–Kier alpha value is -3.08. The van der Waals surface area contributed by atoms with Crippen LogP contribution in [-0.4, -0.2) is 18.0 Å². The molecule has 0 bridgehead atoms. The zero-order chi connectivity index (χ0) is 20.4. The van der Waals surface area contributed by atoms with Gasteiger partial charge in [0.25, 0.3) is 5.91 Å². The molecule has 0 saturated carbocycles. The predicted molar refractivity (Wildman–Crippen MR) is 109 cm³/mol. The van der Waals surface area contributed by atoms with Crippen LogP contribution in [0.25, 0.3) is 11.0 Å². The first-order valence-corrected chi connectivity index (χ1v) is 9.30. The highest BCUT2D eigenvalue weighted by Gasteiger charge is 2.20. The Kier molecular flexibility index (Phi) is 5.54. The van der Waals surface area contributed by atoms with Gasteiger partial charge in [-0.15, -0.1) is 0 Å². The maximum atomic E-state index is 12.4. The second kappa shape index (κ2) is 7.89. The van der Waals surface area contributed by atoms with Crippen molar-refractivity contribution in [2.45, 2.75) is 47.1 Å². The molecular weight excluding hydrogens is 354 g/mol. The lowest BCUT2D eigenvalue weighted by atomic mass is 10.0. The average Bonchev–Trinajstić information content (AvgIpc) is 3.00. The molecule has 0 aliphatic heterocycles. The Bertz CT molecular complexity index is 1030. The quantitative estimate of drug-likeness (QED) is 0.648. The zero-order valence-corrected chi connectivity index (χ0v) is 16.9. The number of furan rings is 1. The van der Waals surface area contributed by atoms with Crippen molar-refractivity contribution < 1.29 is 18.7 Å². The van der Waals surface area contributed by atoms with E-state index in [4.69, 9.17) is 9.15 Å². The lowest BCUT2D eigenvalue weighted by Gasteiger charge is -2.16. The average molecular weight is 379 g/mol. The summed E-state index contributed by atoms with van der Waals surface area (Å²) in [5.41, 5.74) is 6.43. The third-order valence-corrected chi connectivity index (χ3v) is 5.01. The van der Waals surface area contributed by atoms with E-state index in [1.54, 1.807) is 13.2 Å². The molecule has 1 amide bonds. The minimum Gasteiger partial charge on any atom is -0.464 e. The van der Waals surface area contributed by atoms with Gasteiger partial charge in [-0.05, 0) is 69.0 Å². The molecule has 2 aromatic carbocycles. The first kappa shape index (κ1) is 19.7. The predicted octanol–water partition coefficient (Wildman–Crippen LogP) is 4.78. The molecule has 146 valence electrons. The number of rotatable bonds is 5. The van der Waals surface area contributed by atoms with Crippen LogP contribution in [0.1, 0.15) is 34.7 Å². The summed E-state index contributed by atoms with van der Waals surface area (Å²) >= 11 is 0. The van der Waals surface area contributed by atoms with E-state index in [9.17, 15) is 9.59 Å². The van der Waals surface area contributed by atoms with Crippen molar-refractivity contribution in [3.8, 4) is 0 Å². The van der Waals surface area contributed by atoms with Crippen LogP contribution in [0.4, 0.5) is 5.69 Å². The molecular formula is C23H25NO4. The van der Waals surface area contributed by atoms with Gasteiger partial charge in [-0.3, -0.25) is 9.59 Å². The summed E-state index contributed by atoms with van der Waals surface area (Å²) in [5, 5.41) is 3.75. The number of amides is 1. The third-order valence-electron chi connectivity index (χ3n) is 5.01. The van der Waals surface area contributed by atoms with Gasteiger partial charge in [-0.1, -0.05) is 18.2 Å². The van der Waals surface area contributed by atoms with Gasteiger partial charge < -0.3 is 14.5 Å². The molecule has 1 aromatic heterocycles. The van der Waals surface area contributed by atoms with E-state index < -0.39 is 12.1 Å². The summed E-state index contributed by atoms with van der Waals surface area (Å²) in [6.07, 6.45) is 0.733. The van der Waals surface area contributed by atoms with Crippen molar-refractivity contribution in [1.82, 2.24) is 0 Å². The van der Waals surface area contributed by atoms with Gasteiger partial charge in [0.1, 0.15) is 5.58 Å². The monoisotopic (exact) mass is 379 g/mol. The van der Waals surface area contributed by atoms with Gasteiger partial charge in [-0.2, -0.15) is 0 Å². The molecule has 3 rings (SSSR count). The van der Waals surface area contributed by atoms with Crippen LogP contribution < -0.4 is 5.32 Å². The van der Waals surface area contributed by atoms with E-state index in [-0.39, 0.29) is 12.3 Å². The summed E-state index contributed by atoms with van der Waals surface area (Å²) in [6, 6.07) is 9.75. The van der Waals surface area contributed by atoms with E-state index in [2.05, 4.69) is 5.32 Å². The molecule has 1 heterocycles. The number of benzene rings is 2. The van der Waals surface area contributed by atoms with E-state index in [1.807, 2.05) is 58.0 Å². The fourth-order valence-corrected chi connectivity index (χ4v) is 3.16. The molecule has 0 spiro atoms. The molecule has 0 saturated heterocycles. The molecule has 0 unspecified atom stereocenters. The number of hydrogen-bond donors (Lipinski definition) is 1. The topological polar surface area (TPSA) is 68.5 Å². The molecule has 5 nitrogen and oxygen atoms in total. The summed E-state index contributed by atoms with van der Waals surface area (Å²) in [6.45, 7) is 9.45. The maximum absolute atomic E-state index is 12.4. The van der Waals surface area contributed by atoms with Crippen molar-refractivity contribution in [3.63, 3.8) is 0 Å². The Balaban J connectivity index is 1.66. The lowest BCUT2D eigenvalue weighted by molar-refractivity contribution is -0.152. The van der Waals surface area contributed by atoms with Gasteiger partial charge in [0.05, 0.1) is 12.7 Å².